The second-order valence-corrected chi connectivity index (χ2v) is 4.52. The van der Waals surface area contributed by atoms with Crippen LogP contribution in [-0.4, -0.2) is 13.1 Å². The van der Waals surface area contributed by atoms with E-state index in [0.29, 0.717) is 0 Å². The molecule has 0 radical (unpaired) electrons. The summed E-state index contributed by atoms with van der Waals surface area (Å²) in [7, 11) is 0. The minimum absolute atomic E-state index is 0. The van der Waals surface area contributed by atoms with E-state index >= 15 is 0 Å². The molecule has 0 unspecified atom stereocenters. The Morgan fingerprint density at radius 2 is 1.70 bits per heavy atom. The Balaban J connectivity index is 0.00000200. The van der Waals surface area contributed by atoms with Gasteiger partial charge in [-0.15, -0.1) is 0 Å². The molecule has 3 nitrogen and oxygen atoms in total. The second-order valence-electron chi connectivity index (χ2n) is 4.52. The molecule has 0 bridgehead atoms. The van der Waals surface area contributed by atoms with Crippen molar-refractivity contribution in [3.8, 4) is 0 Å². The number of nitrogens with one attached hydrogen (secondary N) is 1. The molecule has 0 spiro atoms. The van der Waals surface area contributed by atoms with Crippen LogP contribution in [0.3, 0.4) is 0 Å². The highest BCUT2D eigenvalue weighted by Gasteiger charge is 2.01. The van der Waals surface area contributed by atoms with Gasteiger partial charge in [-0.3, -0.25) is 0 Å². The van der Waals surface area contributed by atoms with Crippen LogP contribution in [0.2, 0.25) is 0 Å². The van der Waals surface area contributed by atoms with Gasteiger partial charge >= 0.3 is 0 Å². The third-order valence-corrected chi connectivity index (χ3v) is 3.27. The maximum absolute atomic E-state index is 5.28. The van der Waals surface area contributed by atoms with Gasteiger partial charge in [0.1, 0.15) is 5.76 Å². The molecule has 0 atom stereocenters. The van der Waals surface area contributed by atoms with E-state index in [9.17, 15) is 0 Å². The third-order valence-electron chi connectivity index (χ3n) is 3.27. The van der Waals surface area contributed by atoms with Gasteiger partial charge in [0.2, 0.25) is 0 Å². The van der Waals surface area contributed by atoms with E-state index in [2.05, 4.69) is 48.3 Å². The monoisotopic (exact) mass is 293 g/mol. The van der Waals surface area contributed by atoms with Gasteiger partial charge in [-0.1, -0.05) is 12.1 Å². The molecule has 0 saturated heterocycles. The normalized spacial score (nSPS) is 10.1. The molecular weight excluding hydrogens is 272 g/mol. The van der Waals surface area contributed by atoms with Crippen LogP contribution in [0.1, 0.15) is 25.2 Å². The highest BCUT2D eigenvalue weighted by Crippen LogP contribution is 2.14. The van der Waals surface area contributed by atoms with Crippen molar-refractivity contribution in [3.63, 3.8) is 0 Å². The van der Waals surface area contributed by atoms with Crippen molar-refractivity contribution in [2.24, 2.45) is 0 Å². The van der Waals surface area contributed by atoms with Crippen LogP contribution in [-0.2, 0) is 13.1 Å². The van der Waals surface area contributed by atoms with Crippen LogP contribution in [0.5, 0.6) is 0 Å². The zero-order chi connectivity index (χ0) is 13.5. The first kappa shape index (κ1) is 16.6. The highest BCUT2D eigenvalue weighted by atomic mass is 35.5. The zero-order valence-corrected chi connectivity index (χ0v) is 12.9. The van der Waals surface area contributed by atoms with E-state index in [-0.39, 0.29) is 12.4 Å². The molecule has 20 heavy (non-hydrogen) atoms. The van der Waals surface area contributed by atoms with Gasteiger partial charge in [-0.25, -0.2) is 0 Å². The van der Waals surface area contributed by atoms with Gasteiger partial charge in [0.15, 0.2) is 0 Å². The Kier molecular flexibility index (Phi) is 7.20. The first-order valence-corrected chi connectivity index (χ1v) is 6.90. The van der Waals surface area contributed by atoms with Crippen molar-refractivity contribution in [2.45, 2.75) is 26.9 Å². The molecule has 0 saturated carbocycles. The first-order chi connectivity index (χ1) is 9.33. The molecule has 110 valence electrons. The van der Waals surface area contributed by atoms with E-state index in [1.165, 1.54) is 11.3 Å². The van der Waals surface area contributed by atoms with Gasteiger partial charge in [0.05, 0.1) is 12.8 Å². The minimum Gasteiger partial charge on any atom is -1.00 e. The van der Waals surface area contributed by atoms with Crippen molar-refractivity contribution in [1.29, 1.82) is 0 Å². The Hall–Kier alpha value is -1.45. The molecule has 0 fully saturated rings. The summed E-state index contributed by atoms with van der Waals surface area (Å²) in [6.07, 6.45) is 1.70. The molecule has 1 aromatic carbocycles. The van der Waals surface area contributed by atoms with Crippen LogP contribution in [0.4, 0.5) is 5.69 Å². The number of rotatable bonds is 7. The molecule has 0 aliphatic carbocycles. The number of benzene rings is 1. The molecule has 0 amide bonds. The number of anilines is 1. The molecule has 2 aromatic rings. The van der Waals surface area contributed by atoms with Crippen molar-refractivity contribution in [1.82, 2.24) is 5.32 Å². The summed E-state index contributed by atoms with van der Waals surface area (Å²) in [6.45, 7) is 8.09. The van der Waals surface area contributed by atoms with E-state index in [4.69, 9.17) is 4.42 Å². The lowest BCUT2D eigenvalue weighted by atomic mass is 10.2. The fourth-order valence-electron chi connectivity index (χ4n) is 2.16. The Bertz CT molecular complexity index is 464. The predicted octanol–water partition coefficient (Wildman–Crippen LogP) is 0.420. The summed E-state index contributed by atoms with van der Waals surface area (Å²) in [4.78, 5) is 2.35. The average Bonchev–Trinajstić information content (AvgIpc) is 2.95. The molecule has 1 heterocycles. The molecule has 4 heteroatoms. The topological polar surface area (TPSA) is 28.4 Å². The largest absolute Gasteiger partial charge is 1.00 e. The Morgan fingerprint density at radius 3 is 2.25 bits per heavy atom. The number of hydrogen-bond acceptors (Lipinski definition) is 3. The fraction of sp³-hybridized carbons (Fsp3) is 0.375. The molecule has 1 aromatic heterocycles. The summed E-state index contributed by atoms with van der Waals surface area (Å²) in [5.41, 5.74) is 2.59. The summed E-state index contributed by atoms with van der Waals surface area (Å²) in [5.74, 6) is 0.972. The highest BCUT2D eigenvalue weighted by molar-refractivity contribution is 5.47. The zero-order valence-electron chi connectivity index (χ0n) is 12.1. The number of hydrogen-bond donors (Lipinski definition) is 1. The lowest BCUT2D eigenvalue weighted by Crippen LogP contribution is -3.00. The van der Waals surface area contributed by atoms with Crippen LogP contribution in [0.15, 0.2) is 47.1 Å². The van der Waals surface area contributed by atoms with Gasteiger partial charge in [0.25, 0.3) is 0 Å². The summed E-state index contributed by atoms with van der Waals surface area (Å²) < 4.78 is 5.28. The van der Waals surface area contributed by atoms with E-state index in [0.717, 1.165) is 31.9 Å². The Labute approximate surface area is 127 Å². The van der Waals surface area contributed by atoms with Crippen LogP contribution in [0, 0.1) is 0 Å². The van der Waals surface area contributed by atoms with Gasteiger partial charge in [0, 0.05) is 25.3 Å². The molecular formula is C16H22ClN2O-. The van der Waals surface area contributed by atoms with Crippen molar-refractivity contribution in [2.75, 3.05) is 18.0 Å². The average molecular weight is 294 g/mol. The SMILES string of the molecule is CCN(CC)c1ccc(CNCc2ccco2)cc1.[Cl-]. The molecule has 1 N–H and O–H groups in total. The van der Waals surface area contributed by atoms with Crippen LogP contribution in [0.25, 0.3) is 0 Å². The van der Waals surface area contributed by atoms with E-state index in [1.807, 2.05) is 12.1 Å². The van der Waals surface area contributed by atoms with Crippen molar-refractivity contribution >= 4 is 5.69 Å². The van der Waals surface area contributed by atoms with E-state index in [1.54, 1.807) is 6.26 Å². The van der Waals surface area contributed by atoms with Crippen LogP contribution < -0.4 is 22.6 Å². The van der Waals surface area contributed by atoms with Crippen molar-refractivity contribution in [3.05, 3.63) is 54.0 Å². The smallest absolute Gasteiger partial charge is 0.117 e. The summed E-state index contributed by atoms with van der Waals surface area (Å²) in [5, 5.41) is 3.37. The van der Waals surface area contributed by atoms with Gasteiger partial charge in [-0.05, 0) is 43.7 Å². The first-order valence-electron chi connectivity index (χ1n) is 6.90. The fourth-order valence-corrected chi connectivity index (χ4v) is 2.16. The second kappa shape index (κ2) is 8.67. The van der Waals surface area contributed by atoms with Crippen molar-refractivity contribution < 1.29 is 16.8 Å². The predicted molar refractivity (Wildman–Crippen MR) is 79.3 cm³/mol. The number of halogens is 1. The van der Waals surface area contributed by atoms with Gasteiger partial charge in [-0.2, -0.15) is 0 Å². The Morgan fingerprint density at radius 1 is 1.00 bits per heavy atom. The lowest BCUT2D eigenvalue weighted by Gasteiger charge is -2.21. The summed E-state index contributed by atoms with van der Waals surface area (Å²) in [6, 6.07) is 12.6. The number of nitrogens with zero attached hydrogens (tertiary/aromatic N) is 1. The molecule has 0 aliphatic rings. The lowest BCUT2D eigenvalue weighted by molar-refractivity contribution is -0.00000451. The standard InChI is InChI=1S/C16H22N2O.ClH/c1-3-18(4-2)15-9-7-14(8-10-15)12-17-13-16-6-5-11-19-16;/h5-11,17H,3-4,12-13H2,1-2H3;1H/p-1. The van der Waals surface area contributed by atoms with Gasteiger partial charge < -0.3 is 27.0 Å². The third kappa shape index (κ3) is 4.58. The quantitative estimate of drug-likeness (QED) is 0.802. The maximum Gasteiger partial charge on any atom is 0.117 e. The van der Waals surface area contributed by atoms with Crippen LogP contribution >= 0.6 is 0 Å². The minimum atomic E-state index is 0. The van der Waals surface area contributed by atoms with E-state index < -0.39 is 0 Å². The summed E-state index contributed by atoms with van der Waals surface area (Å²) >= 11 is 0. The maximum atomic E-state index is 5.28. The molecule has 2 rings (SSSR count). The number of furan rings is 1. The molecule has 0 aliphatic heterocycles.